The van der Waals surface area contributed by atoms with E-state index in [1.165, 1.54) is 4.90 Å². The second kappa shape index (κ2) is 12.1. The Morgan fingerprint density at radius 2 is 1.74 bits per heavy atom. The van der Waals surface area contributed by atoms with Gasteiger partial charge in [0.25, 0.3) is 0 Å². The molecule has 0 aliphatic carbocycles. The average Bonchev–Trinajstić information content (AvgIpc) is 3.17. The molecule has 1 aliphatic heterocycles. The summed E-state index contributed by atoms with van der Waals surface area (Å²) in [7, 11) is 0. The van der Waals surface area contributed by atoms with Crippen LogP contribution in [0, 0.1) is 0 Å². The number of thiol groups is 1. The van der Waals surface area contributed by atoms with E-state index in [-0.39, 0.29) is 25.1 Å². The third kappa shape index (κ3) is 8.05. The van der Waals surface area contributed by atoms with Crippen molar-refractivity contribution in [2.45, 2.75) is 56.3 Å². The van der Waals surface area contributed by atoms with Crippen LogP contribution < -0.4 is 22.1 Å². The third-order valence-electron chi connectivity index (χ3n) is 4.65. The lowest BCUT2D eigenvalue weighted by molar-refractivity contribution is -0.144. The monoisotopic (exact) mass is 461 g/mol. The van der Waals surface area contributed by atoms with Crippen LogP contribution in [0.15, 0.2) is 0 Å². The van der Waals surface area contributed by atoms with E-state index in [2.05, 4.69) is 23.3 Å². The van der Waals surface area contributed by atoms with E-state index < -0.39 is 66.2 Å². The fraction of sp³-hybridized carbons (Fsp3) is 0.647. The van der Waals surface area contributed by atoms with Gasteiger partial charge in [0.2, 0.25) is 23.6 Å². The zero-order valence-electron chi connectivity index (χ0n) is 16.7. The number of carbonyl (C=O) groups excluding carboxylic acids is 4. The first-order chi connectivity index (χ1) is 14.5. The summed E-state index contributed by atoms with van der Waals surface area (Å²) in [6, 6.07) is -4.80. The minimum Gasteiger partial charge on any atom is -0.481 e. The van der Waals surface area contributed by atoms with Crippen LogP contribution in [0.3, 0.4) is 0 Å². The molecule has 0 spiro atoms. The third-order valence-corrected chi connectivity index (χ3v) is 5.02. The maximum Gasteiger partial charge on any atom is 0.326 e. The standard InChI is InChI=1S/C17H27N5O8S/c18-8(6-12(19)23)16(28)22-5-1-2-11(22)15(27)21-10(7-31)14(26)20-9(17(29)30)3-4-13(24)25/h8-11,31H,1-7,18H2,(H2,19,23)(H,20,26)(H,21,27)(H,24,25)(H,29,30). The molecule has 14 heteroatoms. The van der Waals surface area contributed by atoms with E-state index in [1.54, 1.807) is 0 Å². The molecular weight excluding hydrogens is 434 g/mol. The molecule has 1 saturated heterocycles. The fourth-order valence-electron chi connectivity index (χ4n) is 3.08. The number of nitrogens with zero attached hydrogens (tertiary/aromatic N) is 1. The van der Waals surface area contributed by atoms with E-state index in [0.29, 0.717) is 12.8 Å². The molecule has 4 unspecified atom stereocenters. The van der Waals surface area contributed by atoms with Crippen LogP contribution in [0.1, 0.15) is 32.1 Å². The van der Waals surface area contributed by atoms with Crippen LogP contribution >= 0.6 is 12.6 Å². The zero-order valence-corrected chi connectivity index (χ0v) is 17.5. The summed E-state index contributed by atoms with van der Waals surface area (Å²) in [6.45, 7) is 0.234. The van der Waals surface area contributed by atoms with Crippen molar-refractivity contribution in [2.24, 2.45) is 11.5 Å². The molecule has 8 N–H and O–H groups in total. The van der Waals surface area contributed by atoms with Crippen LogP contribution in [0.25, 0.3) is 0 Å². The summed E-state index contributed by atoms with van der Waals surface area (Å²) >= 11 is 4.00. The van der Waals surface area contributed by atoms with E-state index in [9.17, 15) is 28.8 Å². The quantitative estimate of drug-likeness (QED) is 0.147. The molecule has 1 aliphatic rings. The second-order valence-corrected chi connectivity index (χ2v) is 7.41. The number of likely N-dealkylation sites (tertiary alicyclic amines) is 1. The molecule has 4 atom stereocenters. The SMILES string of the molecule is NC(=O)CC(N)C(=O)N1CCCC1C(=O)NC(CS)C(=O)NC(CCC(=O)O)C(=O)O. The van der Waals surface area contributed by atoms with Crippen LogP contribution in [0.4, 0.5) is 0 Å². The van der Waals surface area contributed by atoms with Gasteiger partial charge in [0.15, 0.2) is 0 Å². The minimum absolute atomic E-state index is 0.176. The van der Waals surface area contributed by atoms with Gasteiger partial charge in [-0.05, 0) is 19.3 Å². The highest BCUT2D eigenvalue weighted by Gasteiger charge is 2.38. The first-order valence-corrected chi connectivity index (χ1v) is 10.1. The summed E-state index contributed by atoms with van der Waals surface area (Å²) in [4.78, 5) is 71.6. The van der Waals surface area contributed by atoms with Crippen molar-refractivity contribution in [3.05, 3.63) is 0 Å². The Morgan fingerprint density at radius 1 is 1.10 bits per heavy atom. The predicted molar refractivity (Wildman–Crippen MR) is 109 cm³/mol. The maximum atomic E-state index is 12.7. The smallest absolute Gasteiger partial charge is 0.326 e. The van der Waals surface area contributed by atoms with Gasteiger partial charge in [0.1, 0.15) is 18.1 Å². The molecule has 4 amide bonds. The Kier molecular flexibility index (Phi) is 10.2. The van der Waals surface area contributed by atoms with Crippen LogP contribution in [0.2, 0.25) is 0 Å². The summed E-state index contributed by atoms with van der Waals surface area (Å²) in [5, 5.41) is 22.4. The van der Waals surface area contributed by atoms with Gasteiger partial charge in [0.05, 0.1) is 12.5 Å². The molecule has 31 heavy (non-hydrogen) atoms. The Labute approximate surface area is 183 Å². The van der Waals surface area contributed by atoms with Gasteiger partial charge in [0, 0.05) is 18.7 Å². The molecule has 1 heterocycles. The maximum absolute atomic E-state index is 12.7. The lowest BCUT2D eigenvalue weighted by atomic mass is 10.1. The number of amides is 4. The van der Waals surface area contributed by atoms with Crippen molar-refractivity contribution in [1.82, 2.24) is 15.5 Å². The molecule has 13 nitrogen and oxygen atoms in total. The number of aliphatic carboxylic acids is 2. The number of carbonyl (C=O) groups is 6. The number of hydrogen-bond donors (Lipinski definition) is 7. The van der Waals surface area contributed by atoms with E-state index in [1.807, 2.05) is 0 Å². The number of primary amides is 1. The predicted octanol–water partition coefficient (Wildman–Crippen LogP) is -2.97. The molecule has 0 aromatic heterocycles. The highest BCUT2D eigenvalue weighted by molar-refractivity contribution is 7.80. The fourth-order valence-corrected chi connectivity index (χ4v) is 3.34. The van der Waals surface area contributed by atoms with Crippen molar-refractivity contribution in [3.63, 3.8) is 0 Å². The minimum atomic E-state index is -1.46. The van der Waals surface area contributed by atoms with Crippen molar-refractivity contribution < 1.29 is 39.0 Å². The van der Waals surface area contributed by atoms with Crippen molar-refractivity contribution >= 4 is 48.2 Å². The number of nitrogens with two attached hydrogens (primary N) is 2. The summed E-state index contributed by atoms with van der Waals surface area (Å²) in [5.41, 5.74) is 10.7. The first-order valence-electron chi connectivity index (χ1n) is 9.48. The van der Waals surface area contributed by atoms with Gasteiger partial charge < -0.3 is 37.2 Å². The molecule has 0 radical (unpaired) electrons. The molecule has 0 aromatic carbocycles. The second-order valence-electron chi connectivity index (χ2n) is 7.04. The number of nitrogens with one attached hydrogen (secondary N) is 2. The van der Waals surface area contributed by atoms with Crippen LogP contribution in [-0.4, -0.2) is 87.1 Å². The number of carboxylic acid groups (broad SMARTS) is 2. The number of hydrogen-bond acceptors (Lipinski definition) is 8. The topological polar surface area (TPSA) is 222 Å². The summed E-state index contributed by atoms with van der Waals surface area (Å²) in [5.74, 6) is -5.72. The molecule has 0 aromatic rings. The van der Waals surface area contributed by atoms with Gasteiger partial charge in [-0.25, -0.2) is 4.79 Å². The lowest BCUT2D eigenvalue weighted by Gasteiger charge is -2.28. The highest BCUT2D eigenvalue weighted by atomic mass is 32.1. The largest absolute Gasteiger partial charge is 0.481 e. The zero-order chi connectivity index (χ0) is 23.7. The van der Waals surface area contributed by atoms with Gasteiger partial charge in [-0.15, -0.1) is 0 Å². The van der Waals surface area contributed by atoms with Gasteiger partial charge in [-0.2, -0.15) is 12.6 Å². The van der Waals surface area contributed by atoms with Crippen molar-refractivity contribution in [1.29, 1.82) is 0 Å². The van der Waals surface area contributed by atoms with Crippen LogP contribution in [0.5, 0.6) is 0 Å². The lowest BCUT2D eigenvalue weighted by Crippen LogP contribution is -2.57. The van der Waals surface area contributed by atoms with E-state index >= 15 is 0 Å². The summed E-state index contributed by atoms with van der Waals surface area (Å²) < 4.78 is 0. The normalized spacial score (nSPS) is 18.5. The Bertz CT molecular complexity index is 733. The highest BCUT2D eigenvalue weighted by Crippen LogP contribution is 2.19. The Balaban J connectivity index is 2.78. The molecular formula is C17H27N5O8S. The Hall–Kier alpha value is -2.87. The van der Waals surface area contributed by atoms with Crippen molar-refractivity contribution in [3.8, 4) is 0 Å². The summed E-state index contributed by atoms with van der Waals surface area (Å²) in [6.07, 6.45) is -0.385. The first kappa shape index (κ1) is 26.2. The van der Waals surface area contributed by atoms with E-state index in [0.717, 1.165) is 0 Å². The van der Waals surface area contributed by atoms with Crippen LogP contribution in [-0.2, 0) is 28.8 Å². The molecule has 0 saturated carbocycles. The average molecular weight is 461 g/mol. The molecule has 1 rings (SSSR count). The molecule has 174 valence electrons. The molecule has 0 bridgehead atoms. The van der Waals surface area contributed by atoms with Gasteiger partial charge >= 0.3 is 11.9 Å². The number of carboxylic acids is 2. The Morgan fingerprint density at radius 3 is 2.26 bits per heavy atom. The number of rotatable bonds is 12. The molecule has 1 fully saturated rings. The van der Waals surface area contributed by atoms with E-state index in [4.69, 9.17) is 21.7 Å². The van der Waals surface area contributed by atoms with Gasteiger partial charge in [-0.1, -0.05) is 0 Å². The van der Waals surface area contributed by atoms with Gasteiger partial charge in [-0.3, -0.25) is 24.0 Å². The van der Waals surface area contributed by atoms with Crippen molar-refractivity contribution in [2.75, 3.05) is 12.3 Å².